The average Bonchev–Trinajstić information content (AvgIpc) is 2.98. The van der Waals surface area contributed by atoms with Crippen LogP contribution in [-0.2, 0) is 6.54 Å². The Morgan fingerprint density at radius 3 is 2.79 bits per heavy atom. The minimum Gasteiger partial charge on any atom is -0.360 e. The first-order valence-corrected chi connectivity index (χ1v) is 7.59. The van der Waals surface area contributed by atoms with Gasteiger partial charge in [-0.1, -0.05) is 35.0 Å². The first kappa shape index (κ1) is 15.7. The molecule has 0 spiro atoms. The van der Waals surface area contributed by atoms with E-state index in [1.54, 1.807) is 18.3 Å². The van der Waals surface area contributed by atoms with Crippen molar-refractivity contribution in [2.75, 3.05) is 5.32 Å². The molecule has 1 amide bonds. The molecule has 2 N–H and O–H groups in total. The van der Waals surface area contributed by atoms with Crippen molar-refractivity contribution >= 4 is 17.4 Å². The maximum absolute atomic E-state index is 12.3. The van der Waals surface area contributed by atoms with E-state index < -0.39 is 0 Å². The fourth-order valence-electron chi connectivity index (χ4n) is 2.31. The number of carbonyl (C=O) groups excluding carboxylic acids is 1. The van der Waals surface area contributed by atoms with Gasteiger partial charge in [-0.15, -0.1) is 0 Å². The zero-order chi connectivity index (χ0) is 16.9. The Bertz CT molecular complexity index is 857. The Morgan fingerprint density at radius 1 is 1.17 bits per heavy atom. The van der Waals surface area contributed by atoms with Crippen LogP contribution in [0.25, 0.3) is 0 Å². The summed E-state index contributed by atoms with van der Waals surface area (Å²) in [6, 6.07) is 11.5. The van der Waals surface area contributed by atoms with Gasteiger partial charge in [0.05, 0.1) is 17.4 Å². The van der Waals surface area contributed by atoms with Crippen LogP contribution in [0.3, 0.4) is 0 Å². The number of nitrogens with one attached hydrogen (secondary N) is 2. The van der Waals surface area contributed by atoms with Crippen LogP contribution in [0.15, 0.2) is 53.3 Å². The van der Waals surface area contributed by atoms with E-state index >= 15 is 0 Å². The largest absolute Gasteiger partial charge is 0.360 e. The van der Waals surface area contributed by atoms with E-state index in [1.807, 2.05) is 38.1 Å². The molecule has 0 fully saturated rings. The Labute approximate surface area is 139 Å². The second-order valence-corrected chi connectivity index (χ2v) is 5.58. The van der Waals surface area contributed by atoms with Crippen molar-refractivity contribution in [2.24, 2.45) is 0 Å². The average molecular weight is 322 g/mol. The van der Waals surface area contributed by atoms with Crippen molar-refractivity contribution in [2.45, 2.75) is 20.4 Å². The molecule has 3 aromatic rings. The van der Waals surface area contributed by atoms with Gasteiger partial charge in [0.25, 0.3) is 5.91 Å². The first-order valence-electron chi connectivity index (χ1n) is 7.59. The summed E-state index contributed by atoms with van der Waals surface area (Å²) in [6.45, 7) is 4.31. The fraction of sp³-hybridized carbons (Fsp3) is 0.167. The highest BCUT2D eigenvalue weighted by Crippen LogP contribution is 2.16. The lowest BCUT2D eigenvalue weighted by atomic mass is 10.1. The molecule has 0 saturated carbocycles. The molecule has 6 nitrogen and oxygen atoms in total. The van der Waals surface area contributed by atoms with Crippen molar-refractivity contribution in [1.82, 2.24) is 15.5 Å². The molecule has 2 heterocycles. The number of aromatic nitrogens is 2. The van der Waals surface area contributed by atoms with E-state index in [-0.39, 0.29) is 5.91 Å². The van der Waals surface area contributed by atoms with Gasteiger partial charge in [0.1, 0.15) is 5.76 Å². The minimum atomic E-state index is -0.177. The molecule has 122 valence electrons. The normalized spacial score (nSPS) is 10.4. The van der Waals surface area contributed by atoms with Crippen LogP contribution in [0.5, 0.6) is 0 Å². The van der Waals surface area contributed by atoms with Gasteiger partial charge in [-0.25, -0.2) is 0 Å². The first-order chi connectivity index (χ1) is 11.6. The van der Waals surface area contributed by atoms with Crippen LogP contribution in [-0.4, -0.2) is 16.0 Å². The molecule has 0 unspecified atom stereocenters. The van der Waals surface area contributed by atoms with Gasteiger partial charge >= 0.3 is 0 Å². The molecular weight excluding hydrogens is 304 g/mol. The molecule has 0 saturated heterocycles. The number of nitrogens with zero attached hydrogens (tertiary/aromatic N) is 2. The number of anilines is 2. The maximum atomic E-state index is 12.3. The van der Waals surface area contributed by atoms with Crippen molar-refractivity contribution in [3.05, 3.63) is 71.2 Å². The zero-order valence-electron chi connectivity index (χ0n) is 13.5. The van der Waals surface area contributed by atoms with Crippen molar-refractivity contribution in [3.8, 4) is 0 Å². The molecule has 0 aliphatic carbocycles. The molecule has 0 aliphatic heterocycles. The van der Waals surface area contributed by atoms with Gasteiger partial charge in [-0.05, 0) is 25.5 Å². The van der Waals surface area contributed by atoms with Crippen molar-refractivity contribution in [1.29, 1.82) is 0 Å². The van der Waals surface area contributed by atoms with E-state index in [9.17, 15) is 4.79 Å². The highest BCUT2D eigenvalue weighted by molar-refractivity contribution is 5.94. The van der Waals surface area contributed by atoms with Gasteiger partial charge in [-0.3, -0.25) is 9.78 Å². The number of hydrogen-bond acceptors (Lipinski definition) is 5. The van der Waals surface area contributed by atoms with Crippen molar-refractivity contribution in [3.63, 3.8) is 0 Å². The fourth-order valence-corrected chi connectivity index (χ4v) is 2.31. The number of rotatable bonds is 5. The summed E-state index contributed by atoms with van der Waals surface area (Å²) in [4.78, 5) is 16.4. The Hall–Kier alpha value is -3.15. The molecule has 24 heavy (non-hydrogen) atoms. The van der Waals surface area contributed by atoms with E-state index in [0.717, 1.165) is 11.1 Å². The van der Waals surface area contributed by atoms with Gasteiger partial charge in [-0.2, -0.15) is 0 Å². The predicted molar refractivity (Wildman–Crippen MR) is 91.1 cm³/mol. The number of amides is 1. The van der Waals surface area contributed by atoms with Crippen LogP contribution >= 0.6 is 0 Å². The monoisotopic (exact) mass is 322 g/mol. The third-order valence-electron chi connectivity index (χ3n) is 3.44. The highest BCUT2D eigenvalue weighted by Gasteiger charge is 2.08. The van der Waals surface area contributed by atoms with E-state index in [4.69, 9.17) is 4.52 Å². The molecule has 0 bridgehead atoms. The summed E-state index contributed by atoms with van der Waals surface area (Å²) in [5, 5.41) is 9.81. The lowest BCUT2D eigenvalue weighted by molar-refractivity contribution is 0.0950. The number of carbonyl (C=O) groups is 1. The highest BCUT2D eigenvalue weighted by atomic mass is 16.5. The topological polar surface area (TPSA) is 80.0 Å². The lowest BCUT2D eigenvalue weighted by Gasteiger charge is -2.07. The summed E-state index contributed by atoms with van der Waals surface area (Å²) in [7, 11) is 0. The van der Waals surface area contributed by atoms with Gasteiger partial charge in [0.2, 0.25) is 0 Å². The minimum absolute atomic E-state index is 0.177. The van der Waals surface area contributed by atoms with Crippen LogP contribution in [0.4, 0.5) is 11.5 Å². The third-order valence-corrected chi connectivity index (χ3v) is 3.44. The number of aryl methyl sites for hydroxylation is 2. The Balaban J connectivity index is 1.65. The number of pyridine rings is 1. The maximum Gasteiger partial charge on any atom is 0.253 e. The van der Waals surface area contributed by atoms with Gasteiger partial charge in [0.15, 0.2) is 5.82 Å². The SMILES string of the molecule is Cc1cccc(CNC(=O)c2cncc(Nc3cc(C)on3)c2)c1. The van der Waals surface area contributed by atoms with Gasteiger partial charge < -0.3 is 15.2 Å². The molecule has 2 aromatic heterocycles. The third kappa shape index (κ3) is 3.98. The lowest BCUT2D eigenvalue weighted by Crippen LogP contribution is -2.23. The van der Waals surface area contributed by atoms with Crippen LogP contribution in [0, 0.1) is 13.8 Å². The predicted octanol–water partition coefficient (Wildman–Crippen LogP) is 3.36. The number of hydrogen-bond donors (Lipinski definition) is 2. The van der Waals surface area contributed by atoms with E-state index in [0.29, 0.717) is 29.4 Å². The molecule has 0 atom stereocenters. The van der Waals surface area contributed by atoms with Crippen LogP contribution in [0.2, 0.25) is 0 Å². The molecule has 3 rings (SSSR count). The summed E-state index contributed by atoms with van der Waals surface area (Å²) in [5.74, 6) is 1.10. The van der Waals surface area contributed by atoms with E-state index in [1.165, 1.54) is 6.20 Å². The zero-order valence-corrected chi connectivity index (χ0v) is 13.5. The van der Waals surface area contributed by atoms with Crippen LogP contribution < -0.4 is 10.6 Å². The van der Waals surface area contributed by atoms with Crippen LogP contribution in [0.1, 0.15) is 27.2 Å². The van der Waals surface area contributed by atoms with E-state index in [2.05, 4.69) is 20.8 Å². The van der Waals surface area contributed by atoms with Crippen molar-refractivity contribution < 1.29 is 9.32 Å². The molecule has 0 radical (unpaired) electrons. The second kappa shape index (κ2) is 6.95. The smallest absolute Gasteiger partial charge is 0.253 e. The summed E-state index contributed by atoms with van der Waals surface area (Å²) < 4.78 is 5.00. The standard InChI is InChI=1S/C18H18N4O2/c1-12-4-3-5-14(6-12)9-20-18(23)15-8-16(11-19-10-15)21-17-7-13(2)24-22-17/h3-8,10-11H,9H2,1-2H3,(H,20,23)(H,21,22). The summed E-state index contributed by atoms with van der Waals surface area (Å²) in [5.41, 5.74) is 3.38. The molecule has 0 aliphatic rings. The molecule has 1 aromatic carbocycles. The quantitative estimate of drug-likeness (QED) is 0.753. The van der Waals surface area contributed by atoms with Gasteiger partial charge in [0, 0.05) is 18.8 Å². The Morgan fingerprint density at radius 2 is 2.04 bits per heavy atom. The summed E-state index contributed by atoms with van der Waals surface area (Å²) >= 11 is 0. The second-order valence-electron chi connectivity index (χ2n) is 5.58. The molecular formula is C18H18N4O2. The summed E-state index contributed by atoms with van der Waals surface area (Å²) in [6.07, 6.45) is 3.16. The molecule has 6 heteroatoms. The number of benzene rings is 1. The Kier molecular flexibility index (Phi) is 4.56.